The van der Waals surface area contributed by atoms with E-state index in [-0.39, 0.29) is 5.91 Å². The molecule has 6 heteroatoms. The Hall–Kier alpha value is -2.18. The molecule has 6 nitrogen and oxygen atoms in total. The van der Waals surface area contributed by atoms with Gasteiger partial charge in [-0.2, -0.15) is 0 Å². The van der Waals surface area contributed by atoms with Gasteiger partial charge in [-0.25, -0.2) is 0 Å². The van der Waals surface area contributed by atoms with Gasteiger partial charge in [0, 0.05) is 44.5 Å². The molecular weight excluding hydrogens is 304 g/mol. The number of carbonyl (C=O) groups excluding carboxylic acids is 1. The lowest BCUT2D eigenvalue weighted by Gasteiger charge is -2.33. The first-order chi connectivity index (χ1) is 11.6. The maximum atomic E-state index is 12.2. The number of hydrogen-bond donors (Lipinski definition) is 1. The zero-order valence-electron chi connectivity index (χ0n) is 14.3. The second-order valence-electron chi connectivity index (χ2n) is 6.34. The molecule has 1 N–H and O–H groups in total. The molecule has 3 rings (SSSR count). The molecule has 24 heavy (non-hydrogen) atoms. The molecule has 0 saturated carbocycles. The molecule has 1 aromatic carbocycles. The van der Waals surface area contributed by atoms with E-state index in [4.69, 9.17) is 4.52 Å². The lowest BCUT2D eigenvalue weighted by molar-refractivity contribution is -0.117. The Bertz CT molecular complexity index is 690. The Balaban J connectivity index is 1.43. The number of anilines is 1. The lowest BCUT2D eigenvalue weighted by atomic mass is 10.2. The van der Waals surface area contributed by atoms with Crippen molar-refractivity contribution in [2.75, 3.05) is 38.0 Å². The molecular formula is C18H24N4O2. The number of piperazine rings is 1. The fourth-order valence-corrected chi connectivity index (χ4v) is 2.93. The minimum absolute atomic E-state index is 0.0462. The van der Waals surface area contributed by atoms with E-state index < -0.39 is 0 Å². The number of nitrogens with zero attached hydrogens (tertiary/aromatic N) is 3. The van der Waals surface area contributed by atoms with Gasteiger partial charge in [-0.05, 0) is 25.5 Å². The van der Waals surface area contributed by atoms with Gasteiger partial charge in [0.25, 0.3) is 0 Å². The second-order valence-corrected chi connectivity index (χ2v) is 6.34. The van der Waals surface area contributed by atoms with Crippen LogP contribution in [0.4, 0.5) is 5.69 Å². The minimum Gasteiger partial charge on any atom is -0.361 e. The molecule has 128 valence electrons. The first kappa shape index (κ1) is 16.7. The fourth-order valence-electron chi connectivity index (χ4n) is 2.93. The highest BCUT2D eigenvalue weighted by atomic mass is 16.5. The number of benzene rings is 1. The summed E-state index contributed by atoms with van der Waals surface area (Å²) >= 11 is 0. The Morgan fingerprint density at radius 1 is 1.17 bits per heavy atom. The molecule has 1 aliphatic heterocycles. The summed E-state index contributed by atoms with van der Waals surface area (Å²) < 4.78 is 5.11. The Labute approximate surface area is 142 Å². The van der Waals surface area contributed by atoms with Crippen molar-refractivity contribution in [2.24, 2.45) is 0 Å². The third kappa shape index (κ3) is 4.43. The van der Waals surface area contributed by atoms with Crippen molar-refractivity contribution in [3.05, 3.63) is 47.3 Å². The van der Waals surface area contributed by atoms with E-state index in [1.807, 2.05) is 44.2 Å². The average Bonchev–Trinajstić information content (AvgIpc) is 2.96. The van der Waals surface area contributed by atoms with Gasteiger partial charge in [-0.3, -0.25) is 14.6 Å². The minimum atomic E-state index is 0.0462. The standard InChI is InChI=1S/C18H24N4O2/c1-14-5-3-4-6-17(14)19-18(23)13-22-9-7-21(8-10-22)12-16-11-15(2)24-20-16/h3-6,11H,7-10,12-13H2,1-2H3,(H,19,23). The van der Waals surface area contributed by atoms with Gasteiger partial charge in [0.15, 0.2) is 0 Å². The number of aryl methyl sites for hydroxylation is 2. The number of para-hydroxylation sites is 1. The molecule has 1 amide bonds. The van der Waals surface area contributed by atoms with Crippen LogP contribution in [0.1, 0.15) is 17.0 Å². The van der Waals surface area contributed by atoms with E-state index in [9.17, 15) is 4.79 Å². The SMILES string of the molecule is Cc1cc(CN2CCN(CC(=O)Nc3ccccc3C)CC2)no1. The quantitative estimate of drug-likeness (QED) is 0.910. The summed E-state index contributed by atoms with van der Waals surface area (Å²) in [5.41, 5.74) is 2.94. The third-order valence-electron chi connectivity index (χ3n) is 4.31. The maximum absolute atomic E-state index is 12.2. The van der Waals surface area contributed by atoms with E-state index in [1.54, 1.807) is 0 Å². The predicted molar refractivity (Wildman–Crippen MR) is 92.8 cm³/mol. The largest absolute Gasteiger partial charge is 0.361 e. The third-order valence-corrected chi connectivity index (χ3v) is 4.31. The van der Waals surface area contributed by atoms with Crippen molar-refractivity contribution in [1.29, 1.82) is 0 Å². The van der Waals surface area contributed by atoms with Gasteiger partial charge >= 0.3 is 0 Å². The summed E-state index contributed by atoms with van der Waals surface area (Å²) in [5.74, 6) is 0.890. The number of carbonyl (C=O) groups is 1. The molecule has 0 bridgehead atoms. The summed E-state index contributed by atoms with van der Waals surface area (Å²) in [5, 5.41) is 7.03. The van der Waals surface area contributed by atoms with Crippen molar-refractivity contribution in [3.8, 4) is 0 Å². The van der Waals surface area contributed by atoms with Gasteiger partial charge in [0.1, 0.15) is 5.76 Å². The molecule has 2 heterocycles. The molecule has 0 atom stereocenters. The van der Waals surface area contributed by atoms with Crippen LogP contribution in [-0.4, -0.2) is 53.6 Å². The van der Waals surface area contributed by atoms with Crippen LogP contribution in [-0.2, 0) is 11.3 Å². The number of amides is 1. The first-order valence-electron chi connectivity index (χ1n) is 8.32. The van der Waals surface area contributed by atoms with Crippen LogP contribution in [0.25, 0.3) is 0 Å². The van der Waals surface area contributed by atoms with Crippen LogP contribution in [0.2, 0.25) is 0 Å². The Kier molecular flexibility index (Phi) is 5.27. The molecule has 1 fully saturated rings. The first-order valence-corrected chi connectivity index (χ1v) is 8.32. The molecule has 0 unspecified atom stereocenters. The van der Waals surface area contributed by atoms with Crippen LogP contribution >= 0.6 is 0 Å². The predicted octanol–water partition coefficient (Wildman–Crippen LogP) is 2.05. The van der Waals surface area contributed by atoms with Crippen molar-refractivity contribution in [2.45, 2.75) is 20.4 Å². The lowest BCUT2D eigenvalue weighted by Crippen LogP contribution is -2.48. The zero-order valence-corrected chi connectivity index (χ0v) is 14.3. The smallest absolute Gasteiger partial charge is 0.238 e. The van der Waals surface area contributed by atoms with Crippen molar-refractivity contribution < 1.29 is 9.32 Å². The molecule has 2 aromatic rings. The van der Waals surface area contributed by atoms with Gasteiger partial charge < -0.3 is 9.84 Å². The van der Waals surface area contributed by atoms with Gasteiger partial charge in [0.05, 0.1) is 12.2 Å². The summed E-state index contributed by atoms with van der Waals surface area (Å²) in [6.45, 7) is 8.79. The van der Waals surface area contributed by atoms with E-state index in [0.717, 1.165) is 55.4 Å². The normalized spacial score (nSPS) is 16.2. The molecule has 0 aliphatic carbocycles. The summed E-state index contributed by atoms with van der Waals surface area (Å²) in [7, 11) is 0. The van der Waals surface area contributed by atoms with Crippen LogP contribution in [0.15, 0.2) is 34.9 Å². The van der Waals surface area contributed by atoms with Crippen molar-refractivity contribution in [3.63, 3.8) is 0 Å². The van der Waals surface area contributed by atoms with Gasteiger partial charge in [-0.15, -0.1) is 0 Å². The van der Waals surface area contributed by atoms with E-state index in [2.05, 4.69) is 20.3 Å². The van der Waals surface area contributed by atoms with Crippen LogP contribution in [0.3, 0.4) is 0 Å². The Morgan fingerprint density at radius 3 is 2.54 bits per heavy atom. The van der Waals surface area contributed by atoms with Gasteiger partial charge in [0.2, 0.25) is 5.91 Å². The monoisotopic (exact) mass is 328 g/mol. The molecule has 0 radical (unpaired) electrons. The number of rotatable bonds is 5. The van der Waals surface area contributed by atoms with Gasteiger partial charge in [-0.1, -0.05) is 23.4 Å². The van der Waals surface area contributed by atoms with Crippen molar-refractivity contribution >= 4 is 11.6 Å². The van der Waals surface area contributed by atoms with Crippen LogP contribution in [0.5, 0.6) is 0 Å². The number of nitrogens with one attached hydrogen (secondary N) is 1. The summed E-state index contributed by atoms with van der Waals surface area (Å²) in [6.07, 6.45) is 0. The van der Waals surface area contributed by atoms with Crippen LogP contribution in [0, 0.1) is 13.8 Å². The second kappa shape index (κ2) is 7.59. The highest BCUT2D eigenvalue weighted by Gasteiger charge is 2.20. The van der Waals surface area contributed by atoms with Crippen molar-refractivity contribution in [1.82, 2.24) is 15.0 Å². The average molecular weight is 328 g/mol. The van der Waals surface area contributed by atoms with Crippen LogP contribution < -0.4 is 5.32 Å². The molecule has 0 spiro atoms. The molecule has 1 saturated heterocycles. The topological polar surface area (TPSA) is 61.6 Å². The molecule has 1 aromatic heterocycles. The maximum Gasteiger partial charge on any atom is 0.238 e. The molecule has 1 aliphatic rings. The Morgan fingerprint density at radius 2 is 1.88 bits per heavy atom. The number of aromatic nitrogens is 1. The highest BCUT2D eigenvalue weighted by Crippen LogP contribution is 2.13. The zero-order chi connectivity index (χ0) is 16.9. The highest BCUT2D eigenvalue weighted by molar-refractivity contribution is 5.92. The summed E-state index contributed by atoms with van der Waals surface area (Å²) in [6, 6.07) is 9.82. The fraction of sp³-hybridized carbons (Fsp3) is 0.444. The summed E-state index contributed by atoms with van der Waals surface area (Å²) in [4.78, 5) is 16.8. The van der Waals surface area contributed by atoms with E-state index in [1.165, 1.54) is 0 Å². The van der Waals surface area contributed by atoms with E-state index in [0.29, 0.717) is 6.54 Å². The number of hydrogen-bond acceptors (Lipinski definition) is 5. The van der Waals surface area contributed by atoms with E-state index >= 15 is 0 Å².